The number of ether oxygens (including phenoxy) is 3. The minimum Gasteiger partial charge on any atom is -0.506 e. The highest BCUT2D eigenvalue weighted by Gasteiger charge is 2.37. The summed E-state index contributed by atoms with van der Waals surface area (Å²) in [7, 11) is 0. The van der Waals surface area contributed by atoms with Crippen LogP contribution in [0.25, 0.3) is 10.9 Å². The Bertz CT molecular complexity index is 2170. The molecule has 3 atom stereocenters. The third-order valence-corrected chi connectivity index (χ3v) is 10.7. The number of nitrogens with zero attached hydrogens (tertiary/aromatic N) is 2. The fraction of sp³-hybridized carbons (Fsp3) is 0.364. The Labute approximate surface area is 325 Å². The number of aromatic hydroxyl groups is 1. The second kappa shape index (κ2) is 18.4. The Morgan fingerprint density at radius 2 is 1.77 bits per heavy atom. The van der Waals surface area contributed by atoms with Crippen LogP contribution >= 0.6 is 0 Å². The average Bonchev–Trinajstić information content (AvgIpc) is 3.23. The zero-order valence-electron chi connectivity index (χ0n) is 31.3. The molecule has 0 radical (unpaired) electrons. The maximum absolute atomic E-state index is 13.3. The number of carbonyl (C=O) groups is 2. The number of unbranched alkanes of at least 4 members (excludes halogenated alkanes) is 1. The molecular formula is C44H48N4O8. The zero-order valence-corrected chi connectivity index (χ0v) is 31.3. The summed E-state index contributed by atoms with van der Waals surface area (Å²) in [6.07, 6.45) is 5.96. The number of aromatic nitrogens is 2. The number of hydrogen-bond donors (Lipinski definition) is 4. The topological polar surface area (TPSA) is 163 Å². The van der Waals surface area contributed by atoms with Gasteiger partial charge >= 0.3 is 11.9 Å². The van der Waals surface area contributed by atoms with Gasteiger partial charge in [0, 0.05) is 48.4 Å². The van der Waals surface area contributed by atoms with Crippen LogP contribution in [0.15, 0.2) is 102 Å². The van der Waals surface area contributed by atoms with E-state index in [1.807, 2.05) is 54.6 Å². The van der Waals surface area contributed by atoms with Crippen molar-refractivity contribution in [3.63, 3.8) is 0 Å². The van der Waals surface area contributed by atoms with Crippen molar-refractivity contribution >= 4 is 22.8 Å². The first-order valence-electron chi connectivity index (χ1n) is 19.3. The number of nitrogens with one attached hydrogen (secondary N) is 2. The Hall–Kier alpha value is -5.56. The number of pyridine rings is 2. The molecule has 3 aliphatic rings. The minimum absolute atomic E-state index is 0.0382. The van der Waals surface area contributed by atoms with E-state index in [1.54, 1.807) is 24.4 Å². The van der Waals surface area contributed by atoms with Crippen LogP contribution in [0.3, 0.4) is 0 Å². The number of aliphatic hydroxyl groups is 1. The first-order valence-corrected chi connectivity index (χ1v) is 19.3. The van der Waals surface area contributed by atoms with Gasteiger partial charge in [-0.05, 0) is 98.3 Å². The third-order valence-electron chi connectivity index (χ3n) is 10.7. The van der Waals surface area contributed by atoms with Gasteiger partial charge in [-0.1, -0.05) is 48.5 Å². The molecule has 12 heteroatoms. The van der Waals surface area contributed by atoms with E-state index in [2.05, 4.69) is 20.2 Å². The lowest BCUT2D eigenvalue weighted by Gasteiger charge is -2.44. The quantitative estimate of drug-likeness (QED) is 0.0687. The summed E-state index contributed by atoms with van der Waals surface area (Å²) in [4.78, 5) is 47.1. The first-order chi connectivity index (χ1) is 27.3. The summed E-state index contributed by atoms with van der Waals surface area (Å²) in [5, 5.41) is 24.6. The predicted octanol–water partition coefficient (Wildman–Crippen LogP) is 5.63. The van der Waals surface area contributed by atoms with Gasteiger partial charge in [-0.2, -0.15) is 0 Å². The molecule has 3 aromatic carbocycles. The SMILES string of the molecule is O=C(C[C@@H](c1ccccc1)c1cccc(OCc2cncc(C(=O)OCCCCNC[C@H](O)c3ccc(O)c4[nH]c(=O)ccc34)c2)c1)O[C@H]1CN2CCC1CC2. The van der Waals surface area contributed by atoms with Crippen LogP contribution in [0, 0.1) is 5.92 Å². The van der Waals surface area contributed by atoms with E-state index >= 15 is 0 Å². The van der Waals surface area contributed by atoms with E-state index in [4.69, 9.17) is 14.2 Å². The van der Waals surface area contributed by atoms with Gasteiger partial charge in [0.25, 0.3) is 0 Å². The van der Waals surface area contributed by atoms with Crippen LogP contribution in [0.1, 0.15) is 76.7 Å². The van der Waals surface area contributed by atoms with E-state index in [0.717, 1.165) is 43.6 Å². The van der Waals surface area contributed by atoms with Crippen molar-refractivity contribution in [3.8, 4) is 11.5 Å². The van der Waals surface area contributed by atoms with Gasteiger partial charge in [0.2, 0.25) is 5.56 Å². The van der Waals surface area contributed by atoms with Crippen LogP contribution in [-0.4, -0.2) is 82.5 Å². The van der Waals surface area contributed by atoms with Crippen molar-refractivity contribution in [2.45, 2.75) is 56.8 Å². The second-order valence-electron chi connectivity index (χ2n) is 14.6. The first kappa shape index (κ1) is 38.7. The smallest absolute Gasteiger partial charge is 0.339 e. The minimum atomic E-state index is -0.851. The Balaban J connectivity index is 0.866. The van der Waals surface area contributed by atoms with Crippen LogP contribution in [0.4, 0.5) is 0 Å². The molecule has 5 aromatic rings. The van der Waals surface area contributed by atoms with Gasteiger partial charge in [-0.15, -0.1) is 0 Å². The second-order valence-corrected chi connectivity index (χ2v) is 14.6. The highest BCUT2D eigenvalue weighted by atomic mass is 16.5. The summed E-state index contributed by atoms with van der Waals surface area (Å²) < 4.78 is 17.7. The number of H-pyrrole nitrogens is 1. The fourth-order valence-corrected chi connectivity index (χ4v) is 7.71. The van der Waals surface area contributed by atoms with Gasteiger partial charge < -0.3 is 34.7 Å². The molecule has 292 valence electrons. The molecule has 0 saturated carbocycles. The van der Waals surface area contributed by atoms with E-state index in [1.165, 1.54) is 18.3 Å². The van der Waals surface area contributed by atoms with Crippen LogP contribution < -0.4 is 15.6 Å². The number of esters is 2. The van der Waals surface area contributed by atoms with Crippen molar-refractivity contribution in [2.75, 3.05) is 39.3 Å². The molecule has 3 fully saturated rings. The van der Waals surface area contributed by atoms with Crippen LogP contribution in [0.2, 0.25) is 0 Å². The number of hydrogen-bond acceptors (Lipinski definition) is 11. The van der Waals surface area contributed by atoms with E-state index in [0.29, 0.717) is 53.1 Å². The van der Waals surface area contributed by atoms with Crippen LogP contribution in [0.5, 0.6) is 11.5 Å². The lowest BCUT2D eigenvalue weighted by molar-refractivity contribution is -0.159. The lowest BCUT2D eigenvalue weighted by atomic mass is 9.85. The molecule has 0 aliphatic carbocycles. The molecule has 0 unspecified atom stereocenters. The molecule has 4 N–H and O–H groups in total. The van der Waals surface area contributed by atoms with E-state index in [9.17, 15) is 24.6 Å². The number of aromatic amines is 1. The Kier molecular flexibility index (Phi) is 12.7. The highest BCUT2D eigenvalue weighted by molar-refractivity contribution is 5.89. The summed E-state index contributed by atoms with van der Waals surface area (Å²) in [5.41, 5.74) is 3.56. The molecule has 3 aliphatic heterocycles. The maximum Gasteiger partial charge on any atom is 0.339 e. The van der Waals surface area contributed by atoms with Crippen molar-refractivity contribution in [1.29, 1.82) is 0 Å². The van der Waals surface area contributed by atoms with Gasteiger partial charge in [0.1, 0.15) is 24.2 Å². The molecule has 8 rings (SSSR count). The fourth-order valence-electron chi connectivity index (χ4n) is 7.71. The monoisotopic (exact) mass is 760 g/mol. The summed E-state index contributed by atoms with van der Waals surface area (Å²) in [5.74, 6) is 0.165. The Morgan fingerprint density at radius 3 is 2.57 bits per heavy atom. The lowest BCUT2D eigenvalue weighted by Crippen LogP contribution is -2.52. The third kappa shape index (κ3) is 9.81. The molecule has 5 heterocycles. The molecule has 2 bridgehead atoms. The van der Waals surface area contributed by atoms with E-state index < -0.39 is 12.1 Å². The van der Waals surface area contributed by atoms with Crippen molar-refractivity contribution < 1.29 is 34.0 Å². The average molecular weight is 761 g/mol. The number of phenols is 1. The van der Waals surface area contributed by atoms with Crippen LogP contribution in [-0.2, 0) is 20.9 Å². The molecule has 2 aromatic heterocycles. The van der Waals surface area contributed by atoms with Crippen molar-refractivity contribution in [3.05, 3.63) is 135 Å². The summed E-state index contributed by atoms with van der Waals surface area (Å²) in [6.45, 7) is 4.27. The van der Waals surface area contributed by atoms with Crippen molar-refractivity contribution in [2.24, 2.45) is 5.92 Å². The number of fused-ring (bicyclic) bond motifs is 4. The highest BCUT2D eigenvalue weighted by Crippen LogP contribution is 2.34. The van der Waals surface area contributed by atoms with Gasteiger partial charge in [-0.3, -0.25) is 19.5 Å². The molecule has 3 saturated heterocycles. The standard InChI is InChI=1S/C44H48N4O8/c49-38-13-11-35(36-12-14-41(51)47-43(36)38)39(50)26-45-17-4-5-20-54-44(53)33-21-29(24-46-25-33)28-55-34-10-6-9-32(22-34)37(30-7-2-1-3-8-30)23-42(52)56-40-27-48-18-15-31(40)16-19-48/h1-3,6-14,21-22,24-25,31,37,39-40,45,49-50H,4-5,15-20,23,26-28H2,(H,47,51)/t37-,39-,40-/m0/s1. The molecule has 12 nitrogen and oxygen atoms in total. The van der Waals surface area contributed by atoms with Crippen molar-refractivity contribution in [1.82, 2.24) is 20.2 Å². The zero-order chi connectivity index (χ0) is 38.9. The van der Waals surface area contributed by atoms with Gasteiger partial charge in [0.15, 0.2) is 0 Å². The number of benzene rings is 3. The molecule has 0 spiro atoms. The predicted molar refractivity (Wildman–Crippen MR) is 211 cm³/mol. The Morgan fingerprint density at radius 1 is 0.946 bits per heavy atom. The largest absolute Gasteiger partial charge is 0.506 e. The number of carbonyl (C=O) groups excluding carboxylic acids is 2. The summed E-state index contributed by atoms with van der Waals surface area (Å²) >= 11 is 0. The molecule has 56 heavy (non-hydrogen) atoms. The summed E-state index contributed by atoms with van der Waals surface area (Å²) in [6, 6.07) is 25.5. The number of aliphatic hydroxyl groups excluding tert-OH is 1. The number of piperidine rings is 3. The number of rotatable bonds is 17. The molecular weight excluding hydrogens is 713 g/mol. The normalized spacial score (nSPS) is 18.6. The van der Waals surface area contributed by atoms with Gasteiger partial charge in [-0.25, -0.2) is 4.79 Å². The van der Waals surface area contributed by atoms with Gasteiger partial charge in [0.05, 0.1) is 30.2 Å². The van der Waals surface area contributed by atoms with E-state index in [-0.39, 0.29) is 61.0 Å². The number of phenolic OH excluding ortho intramolecular Hbond substituents is 1. The maximum atomic E-state index is 13.3. The molecule has 0 amide bonds.